The van der Waals surface area contributed by atoms with Crippen LogP contribution in [-0.2, 0) is 10.0 Å². The number of aromatic carboxylic acids is 1. The Labute approximate surface area is 109 Å². The van der Waals surface area contributed by atoms with E-state index >= 15 is 0 Å². The Hall–Kier alpha value is -1.87. The second-order valence-corrected chi connectivity index (χ2v) is 5.61. The second-order valence-electron chi connectivity index (χ2n) is 3.87. The Bertz CT molecular complexity index is 589. The Kier molecular flexibility index (Phi) is 4.67. The zero-order valence-electron chi connectivity index (χ0n) is 9.89. The predicted octanol–water partition coefficient (Wildman–Crippen LogP) is 0.197. The molecule has 19 heavy (non-hydrogen) atoms. The standard InChI is InChI=1S/C10H14FN3O4S/c11-7-5-9(8(12)4-6(7)10(15)16)14-2-1-3-19(13,17)18/h4-5,14H,1-3,12H2,(H,15,16)(H2,13,17,18). The van der Waals surface area contributed by atoms with Crippen molar-refractivity contribution in [3.05, 3.63) is 23.5 Å². The van der Waals surface area contributed by atoms with Gasteiger partial charge >= 0.3 is 5.97 Å². The molecule has 0 bridgehead atoms. The van der Waals surface area contributed by atoms with Gasteiger partial charge in [-0.1, -0.05) is 0 Å². The summed E-state index contributed by atoms with van der Waals surface area (Å²) in [6.07, 6.45) is 0.223. The molecule has 0 saturated heterocycles. The molecule has 106 valence electrons. The van der Waals surface area contributed by atoms with E-state index in [4.69, 9.17) is 16.0 Å². The summed E-state index contributed by atoms with van der Waals surface area (Å²) >= 11 is 0. The lowest BCUT2D eigenvalue weighted by atomic mass is 10.1. The summed E-state index contributed by atoms with van der Waals surface area (Å²) in [5.41, 5.74) is 5.31. The summed E-state index contributed by atoms with van der Waals surface area (Å²) in [4.78, 5) is 10.7. The molecule has 0 fully saturated rings. The van der Waals surface area contributed by atoms with Crippen LogP contribution in [0.5, 0.6) is 0 Å². The molecule has 0 aliphatic carbocycles. The van der Waals surface area contributed by atoms with Crippen LogP contribution in [0.4, 0.5) is 15.8 Å². The number of nitrogens with one attached hydrogen (secondary N) is 1. The Morgan fingerprint density at radius 1 is 1.42 bits per heavy atom. The number of carboxylic acids is 1. The zero-order chi connectivity index (χ0) is 14.6. The number of hydrogen-bond donors (Lipinski definition) is 4. The van der Waals surface area contributed by atoms with Crippen LogP contribution >= 0.6 is 0 Å². The van der Waals surface area contributed by atoms with Crippen LogP contribution in [-0.4, -0.2) is 31.8 Å². The molecule has 0 aromatic heterocycles. The van der Waals surface area contributed by atoms with Gasteiger partial charge in [-0.2, -0.15) is 0 Å². The van der Waals surface area contributed by atoms with Crippen LogP contribution in [0, 0.1) is 5.82 Å². The van der Waals surface area contributed by atoms with E-state index in [1.165, 1.54) is 0 Å². The molecule has 1 rings (SSSR count). The van der Waals surface area contributed by atoms with Crippen LogP contribution in [0.2, 0.25) is 0 Å². The van der Waals surface area contributed by atoms with Gasteiger partial charge in [-0.15, -0.1) is 0 Å². The molecule has 7 nitrogen and oxygen atoms in total. The molecule has 1 aromatic carbocycles. The number of benzene rings is 1. The first-order valence-corrected chi connectivity index (χ1v) is 6.99. The minimum absolute atomic E-state index is 0.0643. The quantitative estimate of drug-likeness (QED) is 0.436. The van der Waals surface area contributed by atoms with Gasteiger partial charge < -0.3 is 16.2 Å². The minimum Gasteiger partial charge on any atom is -0.478 e. The van der Waals surface area contributed by atoms with Crippen molar-refractivity contribution in [3.63, 3.8) is 0 Å². The van der Waals surface area contributed by atoms with Crippen LogP contribution in [0.1, 0.15) is 16.8 Å². The number of rotatable bonds is 6. The third-order valence-corrected chi connectivity index (χ3v) is 3.15. The van der Waals surface area contributed by atoms with Gasteiger partial charge in [-0.25, -0.2) is 22.7 Å². The summed E-state index contributed by atoms with van der Waals surface area (Å²) in [5.74, 6) is -2.55. The van der Waals surface area contributed by atoms with Crippen LogP contribution < -0.4 is 16.2 Å². The van der Waals surface area contributed by atoms with Crippen molar-refractivity contribution in [1.82, 2.24) is 0 Å². The number of nitrogens with two attached hydrogens (primary N) is 2. The van der Waals surface area contributed by atoms with Crippen LogP contribution in [0.15, 0.2) is 12.1 Å². The van der Waals surface area contributed by atoms with Crippen molar-refractivity contribution in [2.24, 2.45) is 5.14 Å². The smallest absolute Gasteiger partial charge is 0.338 e. The molecule has 9 heteroatoms. The summed E-state index contributed by atoms with van der Waals surface area (Å²) in [7, 11) is -3.54. The van der Waals surface area contributed by atoms with Crippen molar-refractivity contribution in [2.75, 3.05) is 23.3 Å². The molecule has 0 heterocycles. The van der Waals surface area contributed by atoms with Crippen molar-refractivity contribution in [1.29, 1.82) is 0 Å². The third kappa shape index (κ3) is 4.72. The normalized spacial score (nSPS) is 11.3. The summed E-state index contributed by atoms with van der Waals surface area (Å²) in [5, 5.41) is 16.2. The zero-order valence-corrected chi connectivity index (χ0v) is 10.7. The first-order chi connectivity index (χ1) is 8.70. The number of nitrogen functional groups attached to an aromatic ring is 1. The average Bonchev–Trinajstić information content (AvgIpc) is 2.26. The number of sulfonamides is 1. The van der Waals surface area contributed by atoms with Gasteiger partial charge in [0, 0.05) is 6.54 Å². The van der Waals surface area contributed by atoms with E-state index in [1.807, 2.05) is 0 Å². The van der Waals surface area contributed by atoms with E-state index in [0.29, 0.717) is 0 Å². The molecule has 0 spiro atoms. The van der Waals surface area contributed by atoms with Gasteiger partial charge in [-0.05, 0) is 18.6 Å². The maximum Gasteiger partial charge on any atom is 0.338 e. The molecule has 0 atom stereocenters. The maximum atomic E-state index is 13.4. The second kappa shape index (κ2) is 5.85. The Morgan fingerprint density at radius 3 is 2.58 bits per heavy atom. The highest BCUT2D eigenvalue weighted by Crippen LogP contribution is 2.23. The van der Waals surface area contributed by atoms with E-state index in [0.717, 1.165) is 12.1 Å². The highest BCUT2D eigenvalue weighted by atomic mass is 32.2. The highest BCUT2D eigenvalue weighted by molar-refractivity contribution is 7.89. The fraction of sp³-hybridized carbons (Fsp3) is 0.300. The van der Waals surface area contributed by atoms with Gasteiger partial charge in [0.2, 0.25) is 10.0 Å². The van der Waals surface area contributed by atoms with Crippen LogP contribution in [0.3, 0.4) is 0 Å². The molecule has 6 N–H and O–H groups in total. The van der Waals surface area contributed by atoms with E-state index in [9.17, 15) is 17.6 Å². The lowest BCUT2D eigenvalue weighted by Crippen LogP contribution is -2.19. The largest absolute Gasteiger partial charge is 0.478 e. The Morgan fingerprint density at radius 2 is 2.05 bits per heavy atom. The van der Waals surface area contributed by atoms with Crippen LogP contribution in [0.25, 0.3) is 0 Å². The van der Waals surface area contributed by atoms with Gasteiger partial charge in [0.15, 0.2) is 0 Å². The molecular weight excluding hydrogens is 277 g/mol. The first-order valence-electron chi connectivity index (χ1n) is 5.27. The van der Waals surface area contributed by atoms with E-state index in [1.54, 1.807) is 0 Å². The summed E-state index contributed by atoms with van der Waals surface area (Å²) in [6, 6.07) is 1.95. The van der Waals surface area contributed by atoms with Crippen molar-refractivity contribution < 1.29 is 22.7 Å². The summed E-state index contributed by atoms with van der Waals surface area (Å²) in [6.45, 7) is 0.215. The SMILES string of the molecule is Nc1cc(C(=O)O)c(F)cc1NCCCS(N)(=O)=O. The number of anilines is 2. The fourth-order valence-corrected chi connectivity index (χ4v) is 1.95. The topological polar surface area (TPSA) is 136 Å². The van der Waals surface area contributed by atoms with Crippen molar-refractivity contribution in [3.8, 4) is 0 Å². The lowest BCUT2D eigenvalue weighted by Gasteiger charge is -2.10. The fourth-order valence-electron chi connectivity index (χ4n) is 1.40. The van der Waals surface area contributed by atoms with Gasteiger partial charge in [0.05, 0.1) is 22.7 Å². The van der Waals surface area contributed by atoms with Gasteiger partial charge in [0.25, 0.3) is 0 Å². The first kappa shape index (κ1) is 15.2. The molecule has 0 amide bonds. The molecule has 0 aliphatic rings. The molecule has 0 aliphatic heterocycles. The van der Waals surface area contributed by atoms with Crippen molar-refractivity contribution in [2.45, 2.75) is 6.42 Å². The summed E-state index contributed by atoms with van der Waals surface area (Å²) < 4.78 is 34.8. The van der Waals surface area contributed by atoms with Gasteiger partial charge in [-0.3, -0.25) is 0 Å². The predicted molar refractivity (Wildman–Crippen MR) is 68.9 cm³/mol. The maximum absolute atomic E-state index is 13.4. The number of halogens is 1. The van der Waals surface area contributed by atoms with Gasteiger partial charge in [0.1, 0.15) is 5.82 Å². The number of carbonyl (C=O) groups is 1. The molecule has 1 aromatic rings. The number of hydrogen-bond acceptors (Lipinski definition) is 5. The minimum atomic E-state index is -3.54. The monoisotopic (exact) mass is 291 g/mol. The van der Waals surface area contributed by atoms with E-state index in [2.05, 4.69) is 5.32 Å². The lowest BCUT2D eigenvalue weighted by molar-refractivity contribution is 0.0692. The van der Waals surface area contributed by atoms with E-state index in [-0.39, 0.29) is 30.1 Å². The molecular formula is C10H14FN3O4S. The highest BCUT2D eigenvalue weighted by Gasteiger charge is 2.13. The molecule has 0 saturated carbocycles. The molecule has 0 radical (unpaired) electrons. The number of carboxylic acid groups (broad SMARTS) is 1. The Balaban J connectivity index is 2.70. The third-order valence-electron chi connectivity index (χ3n) is 2.29. The van der Waals surface area contributed by atoms with E-state index < -0.39 is 27.4 Å². The average molecular weight is 291 g/mol. The molecule has 0 unspecified atom stereocenters. The van der Waals surface area contributed by atoms with Crippen molar-refractivity contribution >= 4 is 27.4 Å². The number of primary sulfonamides is 1.